The second-order valence-corrected chi connectivity index (χ2v) is 18.0. The average molecular weight is 1160 g/mol. The summed E-state index contributed by atoms with van der Waals surface area (Å²) in [5.41, 5.74) is 1.34. The largest absolute Gasteiger partial charge is 0.573 e. The summed E-state index contributed by atoms with van der Waals surface area (Å²) in [6.07, 6.45) is -9.86. The Labute approximate surface area is 480 Å². The fraction of sp³-hybridized carbons (Fsp3) is 0.0781. The normalized spacial score (nSPS) is 10.9. The highest BCUT2D eigenvalue weighted by Gasteiger charge is 2.39. The van der Waals surface area contributed by atoms with Gasteiger partial charge in [0.05, 0.1) is 55.1 Å². The molecule has 432 valence electrons. The minimum absolute atomic E-state index is 0.0642. The number of phenols is 1. The highest BCUT2D eigenvalue weighted by molar-refractivity contribution is 6.14. The van der Waals surface area contributed by atoms with Gasteiger partial charge in [-0.3, -0.25) is 19.2 Å². The van der Waals surface area contributed by atoms with Gasteiger partial charge < -0.3 is 50.1 Å². The van der Waals surface area contributed by atoms with Crippen molar-refractivity contribution in [3.05, 3.63) is 229 Å². The molecule has 0 fully saturated rings. The Bertz CT molecular complexity index is 4000. The maximum Gasteiger partial charge on any atom is 0.573 e. The van der Waals surface area contributed by atoms with E-state index < -0.39 is 36.2 Å². The van der Waals surface area contributed by atoms with Crippen LogP contribution in [0.1, 0.15) is 41.4 Å². The van der Waals surface area contributed by atoms with Gasteiger partial charge in [-0.2, -0.15) is 13.2 Å². The number of hydrogen-bond acceptors (Lipinski definition) is 11. The van der Waals surface area contributed by atoms with Crippen LogP contribution in [0.15, 0.2) is 206 Å². The molecule has 15 nitrogen and oxygen atoms in total. The Hall–Kier alpha value is -11.1. The lowest BCUT2D eigenvalue weighted by atomic mass is 10.0. The van der Waals surface area contributed by atoms with E-state index in [1.165, 1.54) is 51.7 Å². The van der Waals surface area contributed by atoms with Crippen LogP contribution in [-0.2, 0) is 4.79 Å². The predicted octanol–water partition coefficient (Wildman–Crippen LogP) is 14.6. The maximum atomic E-state index is 13.0. The third-order valence-corrected chi connectivity index (χ3v) is 12.4. The number of amides is 4. The Morgan fingerprint density at radius 3 is 1.36 bits per heavy atom. The number of halogens is 6. The molecule has 0 spiro atoms. The van der Waals surface area contributed by atoms with Crippen molar-refractivity contribution in [2.24, 2.45) is 0 Å². The van der Waals surface area contributed by atoms with Crippen molar-refractivity contribution in [3.63, 3.8) is 0 Å². The zero-order valence-corrected chi connectivity index (χ0v) is 44.9. The Kier molecular flexibility index (Phi) is 18.8. The van der Waals surface area contributed by atoms with E-state index in [0.717, 1.165) is 33.7 Å². The fourth-order valence-electron chi connectivity index (χ4n) is 8.40. The van der Waals surface area contributed by atoms with Gasteiger partial charge >= 0.3 is 24.4 Å². The van der Waals surface area contributed by atoms with E-state index in [4.69, 9.17) is 18.9 Å². The zero-order chi connectivity index (χ0) is 60.8. The van der Waals surface area contributed by atoms with Gasteiger partial charge in [0.25, 0.3) is 17.7 Å². The molecular formula is C64H48F6N4O11. The second kappa shape index (κ2) is 26.7. The Morgan fingerprint density at radius 2 is 0.812 bits per heavy atom. The van der Waals surface area contributed by atoms with Crippen LogP contribution < -0.4 is 45.0 Å². The smallest absolute Gasteiger partial charge is 0.507 e. The molecule has 0 atom stereocenters. The third-order valence-electron chi connectivity index (χ3n) is 12.4. The van der Waals surface area contributed by atoms with E-state index in [0.29, 0.717) is 45.0 Å². The number of phenolic OH excluding ortho intramolecular Hbond substituents is 1. The summed E-state index contributed by atoms with van der Waals surface area (Å²) >= 11 is 0. The molecule has 0 unspecified atom stereocenters. The van der Waals surface area contributed by atoms with Gasteiger partial charge in [0, 0.05) is 5.69 Å². The Balaban J connectivity index is 0.000000167. The number of anilines is 4. The van der Waals surface area contributed by atoms with Gasteiger partial charge in [0.15, 0.2) is 5.75 Å². The maximum absolute atomic E-state index is 13.0. The number of benzene rings is 10. The minimum Gasteiger partial charge on any atom is -0.507 e. The van der Waals surface area contributed by atoms with Crippen molar-refractivity contribution >= 4 is 84.7 Å². The lowest BCUT2D eigenvalue weighted by Gasteiger charge is -2.15. The van der Waals surface area contributed by atoms with Gasteiger partial charge in [0.2, 0.25) is 0 Å². The number of para-hydroxylation sites is 4. The SMILES string of the molecule is COc1ccccc1C(=O)Nc1cc2ccccc2cc1OC(=O)c1ccccc1OC.COc1ccccc1NC(=O)c1cc2ccccc2cc1NC(=O)C(F)(F)F.O=C(Nc1ccc(OC(F)(F)F)cc1)c1cc2ccccc2cc1O. The molecule has 10 aromatic rings. The number of hydrogen-bond donors (Lipinski definition) is 5. The summed E-state index contributed by atoms with van der Waals surface area (Å²) < 4.78 is 99.7. The molecule has 0 heterocycles. The molecule has 21 heteroatoms. The van der Waals surface area contributed by atoms with E-state index in [-0.39, 0.29) is 51.2 Å². The monoisotopic (exact) mass is 1160 g/mol. The summed E-state index contributed by atoms with van der Waals surface area (Å²) in [5, 5.41) is 24.3. The van der Waals surface area contributed by atoms with Gasteiger partial charge in [-0.1, -0.05) is 109 Å². The van der Waals surface area contributed by atoms with Crippen molar-refractivity contribution < 1.29 is 79.1 Å². The third kappa shape index (κ3) is 15.5. The fourth-order valence-corrected chi connectivity index (χ4v) is 8.40. The molecule has 0 aliphatic carbocycles. The van der Waals surface area contributed by atoms with Crippen LogP contribution in [0.4, 0.5) is 49.1 Å². The van der Waals surface area contributed by atoms with Crippen molar-refractivity contribution in [1.29, 1.82) is 0 Å². The molecule has 0 saturated heterocycles. The quantitative estimate of drug-likeness (QED) is 0.0418. The molecule has 85 heavy (non-hydrogen) atoms. The number of ether oxygens (including phenoxy) is 5. The number of nitrogens with one attached hydrogen (secondary N) is 4. The highest BCUT2D eigenvalue weighted by Crippen LogP contribution is 2.35. The standard InChI is InChI=1S/C26H21NO5.C20H15F3N2O3.C18H12F3NO3/c1-30-22-13-7-5-11-19(22)25(28)27-21-15-17-9-3-4-10-18(17)16-24(21)32-26(29)20-12-6-8-14-23(20)31-2;1-28-17-9-5-4-8-15(17)24-18(26)14-10-12-6-2-3-7-13(12)11-16(14)25-19(27)20(21,22)23;19-18(20,21)25-14-7-5-13(6-8-14)22-17(24)15-9-11-3-1-2-4-12(11)10-16(15)23/h3-16H,1-2H3,(H,27,28);2-11H,1H3,(H,24,26)(H,25,27);1-10,23H,(H,22,24). The number of carbonyl (C=O) groups is 5. The Morgan fingerprint density at radius 1 is 0.388 bits per heavy atom. The lowest BCUT2D eigenvalue weighted by molar-refractivity contribution is -0.274. The molecule has 10 rings (SSSR count). The number of esters is 1. The molecule has 0 aromatic heterocycles. The number of fused-ring (bicyclic) bond motifs is 3. The number of alkyl halides is 6. The zero-order valence-electron chi connectivity index (χ0n) is 44.9. The number of rotatable bonds is 13. The molecule has 4 amide bonds. The van der Waals surface area contributed by atoms with E-state index in [1.54, 1.807) is 139 Å². The van der Waals surface area contributed by atoms with E-state index in [2.05, 4.69) is 20.7 Å². The molecule has 0 radical (unpaired) electrons. The van der Waals surface area contributed by atoms with E-state index >= 15 is 0 Å². The van der Waals surface area contributed by atoms with Crippen LogP contribution in [0.25, 0.3) is 32.3 Å². The highest BCUT2D eigenvalue weighted by atomic mass is 19.4. The van der Waals surface area contributed by atoms with Crippen LogP contribution >= 0.6 is 0 Å². The summed E-state index contributed by atoms with van der Waals surface area (Å²) in [6.45, 7) is 0. The van der Waals surface area contributed by atoms with E-state index in [1.807, 2.05) is 30.3 Å². The molecule has 0 aliphatic rings. The summed E-state index contributed by atoms with van der Waals surface area (Å²) in [7, 11) is 4.42. The van der Waals surface area contributed by atoms with E-state index in [9.17, 15) is 55.4 Å². The van der Waals surface area contributed by atoms with Crippen LogP contribution in [0.5, 0.6) is 34.5 Å². The van der Waals surface area contributed by atoms with Gasteiger partial charge in [-0.15, -0.1) is 13.2 Å². The molecule has 0 aliphatic heterocycles. The molecule has 0 bridgehead atoms. The molecule has 5 N–H and O–H groups in total. The second-order valence-electron chi connectivity index (χ2n) is 18.0. The van der Waals surface area contributed by atoms with Gasteiger partial charge in [0.1, 0.15) is 34.3 Å². The lowest BCUT2D eigenvalue weighted by Crippen LogP contribution is -2.31. The first kappa shape index (κ1) is 60.0. The van der Waals surface area contributed by atoms with Gasteiger partial charge in [-0.05, 0) is 129 Å². The van der Waals surface area contributed by atoms with Crippen LogP contribution in [0.2, 0.25) is 0 Å². The minimum atomic E-state index is -5.08. The molecule has 0 saturated carbocycles. The first-order valence-electron chi connectivity index (χ1n) is 25.3. The predicted molar refractivity (Wildman–Crippen MR) is 309 cm³/mol. The van der Waals surface area contributed by atoms with Crippen molar-refractivity contribution in [1.82, 2.24) is 0 Å². The van der Waals surface area contributed by atoms with Crippen LogP contribution in [0, 0.1) is 0 Å². The first-order chi connectivity index (χ1) is 40.7. The number of carbonyl (C=O) groups excluding carboxylic acids is 5. The van der Waals surface area contributed by atoms with Crippen LogP contribution in [0.3, 0.4) is 0 Å². The van der Waals surface area contributed by atoms with Crippen molar-refractivity contribution in [3.8, 4) is 34.5 Å². The van der Waals surface area contributed by atoms with Crippen molar-refractivity contribution in [2.75, 3.05) is 42.6 Å². The first-order valence-corrected chi connectivity index (χ1v) is 25.3. The molecule has 10 aromatic carbocycles. The summed E-state index contributed by atoms with van der Waals surface area (Å²) in [4.78, 5) is 62.4. The molecular weight excluding hydrogens is 1110 g/mol. The summed E-state index contributed by atoms with van der Waals surface area (Å²) in [6, 6.07) is 55.9. The number of methoxy groups -OCH3 is 3. The van der Waals surface area contributed by atoms with Crippen molar-refractivity contribution in [2.45, 2.75) is 12.5 Å². The van der Waals surface area contributed by atoms with Gasteiger partial charge in [-0.25, -0.2) is 4.79 Å². The average Bonchev–Trinajstić information content (AvgIpc) is 3.59. The van der Waals surface area contributed by atoms with Crippen LogP contribution in [-0.4, -0.2) is 68.6 Å². The summed E-state index contributed by atoms with van der Waals surface area (Å²) in [5.74, 6) is -3.52. The topological polar surface area (TPSA) is 200 Å². The number of aromatic hydroxyl groups is 1.